The Labute approximate surface area is 175 Å². The number of fused-ring (bicyclic) bond motifs is 1. The Morgan fingerprint density at radius 2 is 2.03 bits per heavy atom. The fourth-order valence-electron chi connectivity index (χ4n) is 3.67. The van der Waals surface area contributed by atoms with Gasteiger partial charge < -0.3 is 15.4 Å². The molecular formula is C22H25N7O. The maximum Gasteiger partial charge on any atom is 0.251 e. The van der Waals surface area contributed by atoms with Crippen LogP contribution in [0, 0.1) is 5.92 Å². The Hall–Kier alpha value is -3.10. The quantitative estimate of drug-likeness (QED) is 0.391. The Morgan fingerprint density at radius 3 is 2.80 bits per heavy atom. The third-order valence-electron chi connectivity index (χ3n) is 5.65. The first kappa shape index (κ1) is 18.9. The van der Waals surface area contributed by atoms with Crippen molar-refractivity contribution in [2.45, 2.75) is 32.5 Å². The second-order valence-electron chi connectivity index (χ2n) is 7.75. The Morgan fingerprint density at radius 1 is 1.13 bits per heavy atom. The molecule has 0 spiro atoms. The molecule has 5 rings (SSSR count). The number of nitrogens with zero attached hydrogens (tertiary/aromatic N) is 4. The summed E-state index contributed by atoms with van der Waals surface area (Å²) >= 11 is 0. The first-order valence-electron chi connectivity index (χ1n) is 10.4. The highest BCUT2D eigenvalue weighted by Gasteiger charge is 2.20. The molecule has 1 aliphatic heterocycles. The highest BCUT2D eigenvalue weighted by Crippen LogP contribution is 2.30. The molecule has 30 heavy (non-hydrogen) atoms. The van der Waals surface area contributed by atoms with Crippen molar-refractivity contribution in [3.8, 4) is 11.1 Å². The zero-order valence-electron chi connectivity index (χ0n) is 16.8. The van der Waals surface area contributed by atoms with E-state index in [9.17, 15) is 0 Å². The Kier molecular flexibility index (Phi) is 5.50. The van der Waals surface area contributed by atoms with E-state index >= 15 is 0 Å². The molecule has 0 saturated heterocycles. The lowest BCUT2D eigenvalue weighted by atomic mass is 9.85. The average molecular weight is 403 g/mol. The van der Waals surface area contributed by atoms with E-state index in [4.69, 9.17) is 4.74 Å². The average Bonchev–Trinajstić information content (AvgIpc) is 3.42. The van der Waals surface area contributed by atoms with Crippen molar-refractivity contribution in [2.75, 3.05) is 18.4 Å². The number of rotatable bonds is 8. The predicted octanol–water partition coefficient (Wildman–Crippen LogP) is 3.73. The topological polar surface area (TPSA) is 100 Å². The summed E-state index contributed by atoms with van der Waals surface area (Å²) in [6.07, 6.45) is 9.59. The number of hydrogen-bond donors (Lipinski definition) is 3. The van der Waals surface area contributed by atoms with Crippen molar-refractivity contribution < 1.29 is 4.74 Å². The summed E-state index contributed by atoms with van der Waals surface area (Å²) in [5.74, 6) is 2.05. The molecular weight excluding hydrogens is 378 g/mol. The zero-order chi connectivity index (χ0) is 20.2. The van der Waals surface area contributed by atoms with E-state index in [-0.39, 0.29) is 0 Å². The summed E-state index contributed by atoms with van der Waals surface area (Å²) in [6, 6.07) is 8.16. The van der Waals surface area contributed by atoms with Crippen LogP contribution >= 0.6 is 0 Å². The van der Waals surface area contributed by atoms with E-state index in [0.717, 1.165) is 52.9 Å². The monoisotopic (exact) mass is 403 g/mol. The van der Waals surface area contributed by atoms with Crippen LogP contribution in [0.3, 0.4) is 0 Å². The van der Waals surface area contributed by atoms with Gasteiger partial charge >= 0.3 is 0 Å². The van der Waals surface area contributed by atoms with Gasteiger partial charge in [-0.2, -0.15) is 10.1 Å². The molecule has 3 aromatic rings. The summed E-state index contributed by atoms with van der Waals surface area (Å²) in [7, 11) is 0. The first-order valence-corrected chi connectivity index (χ1v) is 10.4. The number of aromatic nitrogens is 4. The van der Waals surface area contributed by atoms with Gasteiger partial charge in [0.2, 0.25) is 0 Å². The van der Waals surface area contributed by atoms with Crippen LogP contribution in [0.15, 0.2) is 41.7 Å². The molecule has 3 N–H and O–H groups in total. The van der Waals surface area contributed by atoms with Crippen LogP contribution in [0.2, 0.25) is 0 Å². The van der Waals surface area contributed by atoms with Gasteiger partial charge in [0.05, 0.1) is 25.1 Å². The molecule has 1 aliphatic carbocycles. The normalized spacial score (nSPS) is 16.0. The number of aliphatic imine (C=N–C) groups is 1. The van der Waals surface area contributed by atoms with Crippen molar-refractivity contribution in [3.63, 3.8) is 0 Å². The predicted molar refractivity (Wildman–Crippen MR) is 116 cm³/mol. The SMILES string of the molecule is C(/CNCC1CCC1)=N/c1nc2c(c(Nc3ccc(-c4cn[nH]c4)cc3)n1)COC2. The standard InChI is InChI=1S/C22H25N7O/c1-2-15(3-1)10-23-8-9-24-22-28-20-14-30-13-19(20)21(29-22)27-18-6-4-16(5-7-18)17-11-25-26-12-17/h4-7,9,11-12,15,23H,1-3,8,10,13-14H2,(H,25,26)(H,27,28,29)/b24-9-. The molecule has 2 aromatic heterocycles. The molecule has 0 atom stereocenters. The summed E-state index contributed by atoms with van der Waals surface area (Å²) in [5.41, 5.74) is 5.01. The molecule has 154 valence electrons. The van der Waals surface area contributed by atoms with E-state index in [1.807, 2.05) is 30.7 Å². The number of hydrogen-bond acceptors (Lipinski definition) is 7. The van der Waals surface area contributed by atoms with Gasteiger partial charge in [0, 0.05) is 35.8 Å². The van der Waals surface area contributed by atoms with E-state index in [0.29, 0.717) is 19.2 Å². The van der Waals surface area contributed by atoms with E-state index in [2.05, 4.69) is 47.9 Å². The summed E-state index contributed by atoms with van der Waals surface area (Å²) in [6.45, 7) is 2.80. The summed E-state index contributed by atoms with van der Waals surface area (Å²) in [4.78, 5) is 13.6. The highest BCUT2D eigenvalue weighted by molar-refractivity contribution is 5.68. The highest BCUT2D eigenvalue weighted by atomic mass is 16.5. The number of H-pyrrole nitrogens is 1. The lowest BCUT2D eigenvalue weighted by Gasteiger charge is -2.25. The number of benzene rings is 1. The van der Waals surface area contributed by atoms with Crippen molar-refractivity contribution in [1.29, 1.82) is 0 Å². The van der Waals surface area contributed by atoms with Crippen molar-refractivity contribution in [1.82, 2.24) is 25.5 Å². The number of aromatic amines is 1. The Bertz CT molecular complexity index is 1010. The molecule has 2 aliphatic rings. The molecule has 0 amide bonds. The van der Waals surface area contributed by atoms with Crippen LogP contribution in [0.4, 0.5) is 17.5 Å². The fourth-order valence-corrected chi connectivity index (χ4v) is 3.67. The third kappa shape index (κ3) is 4.24. The lowest BCUT2D eigenvalue weighted by Crippen LogP contribution is -2.28. The van der Waals surface area contributed by atoms with Crippen LogP contribution in [-0.4, -0.2) is 39.5 Å². The molecule has 1 saturated carbocycles. The van der Waals surface area contributed by atoms with E-state index < -0.39 is 0 Å². The van der Waals surface area contributed by atoms with Gasteiger partial charge in [0.1, 0.15) is 5.82 Å². The van der Waals surface area contributed by atoms with Crippen LogP contribution in [0.25, 0.3) is 11.1 Å². The maximum atomic E-state index is 5.59. The van der Waals surface area contributed by atoms with Gasteiger partial charge in [-0.25, -0.2) is 9.98 Å². The number of nitrogens with one attached hydrogen (secondary N) is 3. The van der Waals surface area contributed by atoms with Gasteiger partial charge in [0.25, 0.3) is 5.95 Å². The minimum atomic E-state index is 0.460. The van der Waals surface area contributed by atoms with Crippen molar-refractivity contribution in [3.05, 3.63) is 47.9 Å². The largest absolute Gasteiger partial charge is 0.370 e. The molecule has 8 heteroatoms. The van der Waals surface area contributed by atoms with Crippen molar-refractivity contribution in [2.24, 2.45) is 10.9 Å². The smallest absolute Gasteiger partial charge is 0.251 e. The zero-order valence-corrected chi connectivity index (χ0v) is 16.8. The molecule has 1 aromatic carbocycles. The van der Waals surface area contributed by atoms with E-state index in [1.54, 1.807) is 0 Å². The molecule has 0 unspecified atom stereocenters. The van der Waals surface area contributed by atoms with Crippen LogP contribution in [0.5, 0.6) is 0 Å². The van der Waals surface area contributed by atoms with Gasteiger partial charge in [-0.3, -0.25) is 5.10 Å². The van der Waals surface area contributed by atoms with Gasteiger partial charge in [0.15, 0.2) is 0 Å². The van der Waals surface area contributed by atoms with E-state index in [1.165, 1.54) is 19.3 Å². The summed E-state index contributed by atoms with van der Waals surface area (Å²) < 4.78 is 5.59. The van der Waals surface area contributed by atoms with Crippen LogP contribution < -0.4 is 10.6 Å². The van der Waals surface area contributed by atoms with Crippen LogP contribution in [0.1, 0.15) is 30.5 Å². The second kappa shape index (κ2) is 8.73. The maximum absolute atomic E-state index is 5.59. The Balaban J connectivity index is 1.28. The molecule has 3 heterocycles. The molecule has 1 fully saturated rings. The first-order chi connectivity index (χ1) is 14.8. The van der Waals surface area contributed by atoms with Gasteiger partial charge in [-0.1, -0.05) is 18.6 Å². The van der Waals surface area contributed by atoms with Gasteiger partial charge in [-0.05, 0) is 43.0 Å². The molecule has 0 bridgehead atoms. The van der Waals surface area contributed by atoms with Crippen molar-refractivity contribution >= 4 is 23.7 Å². The molecule has 0 radical (unpaired) electrons. The molecule has 8 nitrogen and oxygen atoms in total. The number of ether oxygens (including phenoxy) is 1. The lowest BCUT2D eigenvalue weighted by molar-refractivity contribution is 0.133. The van der Waals surface area contributed by atoms with Gasteiger partial charge in [-0.15, -0.1) is 0 Å². The van der Waals surface area contributed by atoms with Crippen LogP contribution in [-0.2, 0) is 18.0 Å². The second-order valence-corrected chi connectivity index (χ2v) is 7.75. The fraction of sp³-hybridized carbons (Fsp3) is 0.364. The minimum absolute atomic E-state index is 0.460. The summed E-state index contributed by atoms with van der Waals surface area (Å²) in [5, 5.41) is 13.7. The minimum Gasteiger partial charge on any atom is -0.370 e. The number of anilines is 2. The third-order valence-corrected chi connectivity index (χ3v) is 5.65.